The topological polar surface area (TPSA) is 54.0 Å². The van der Waals surface area contributed by atoms with Crippen molar-refractivity contribution >= 4 is 55.3 Å². The molecule has 4 aromatic rings. The number of amides is 1. The van der Waals surface area contributed by atoms with Crippen LogP contribution in [0.5, 0.6) is 0 Å². The SMILES string of the molecule is CC(=O)Nc1ccc(C)c(Nc2ccnc3cc4c(C)c(C)sc4cc23)c1. The van der Waals surface area contributed by atoms with Crippen LogP contribution in [-0.2, 0) is 4.79 Å². The highest BCUT2D eigenvalue weighted by molar-refractivity contribution is 7.19. The molecule has 1 amide bonds. The number of aryl methyl sites for hydroxylation is 3. The zero-order valence-corrected chi connectivity index (χ0v) is 16.6. The van der Waals surface area contributed by atoms with E-state index in [-0.39, 0.29) is 5.91 Å². The number of carbonyl (C=O) groups is 1. The number of nitrogens with one attached hydrogen (secondary N) is 2. The molecule has 0 aliphatic carbocycles. The summed E-state index contributed by atoms with van der Waals surface area (Å²) >= 11 is 1.82. The minimum Gasteiger partial charge on any atom is -0.355 e. The average molecular weight is 375 g/mol. The highest BCUT2D eigenvalue weighted by Gasteiger charge is 2.11. The standard InChI is InChI=1S/C22H21N3OS/c1-12-5-6-16(24-15(4)26)9-20(12)25-19-7-8-23-21-10-17-13(2)14(3)27-22(17)11-18(19)21/h5-11H,1-4H3,(H,23,25)(H,24,26). The molecular weight excluding hydrogens is 354 g/mol. The molecule has 0 saturated heterocycles. The van der Waals surface area contributed by atoms with Gasteiger partial charge in [0.1, 0.15) is 0 Å². The summed E-state index contributed by atoms with van der Waals surface area (Å²) in [6.45, 7) is 7.89. The largest absolute Gasteiger partial charge is 0.355 e. The van der Waals surface area contributed by atoms with Gasteiger partial charge in [0.25, 0.3) is 0 Å². The summed E-state index contributed by atoms with van der Waals surface area (Å²) in [6, 6.07) is 12.3. The van der Waals surface area contributed by atoms with E-state index in [1.54, 1.807) is 0 Å². The first-order valence-electron chi connectivity index (χ1n) is 8.86. The van der Waals surface area contributed by atoms with Gasteiger partial charge in [-0.3, -0.25) is 9.78 Å². The van der Waals surface area contributed by atoms with Crippen LogP contribution in [0.1, 0.15) is 22.9 Å². The van der Waals surface area contributed by atoms with Gasteiger partial charge in [-0.25, -0.2) is 0 Å². The highest BCUT2D eigenvalue weighted by atomic mass is 32.1. The van der Waals surface area contributed by atoms with E-state index in [1.165, 1.54) is 27.5 Å². The van der Waals surface area contributed by atoms with E-state index in [0.29, 0.717) is 0 Å². The monoisotopic (exact) mass is 375 g/mol. The Kier molecular flexibility index (Phi) is 4.32. The van der Waals surface area contributed by atoms with Crippen molar-refractivity contribution in [2.75, 3.05) is 10.6 Å². The number of anilines is 3. The zero-order valence-electron chi connectivity index (χ0n) is 15.8. The summed E-state index contributed by atoms with van der Waals surface area (Å²) < 4.78 is 1.28. The van der Waals surface area contributed by atoms with Crippen molar-refractivity contribution in [2.24, 2.45) is 0 Å². The second-order valence-electron chi connectivity index (χ2n) is 6.84. The number of rotatable bonds is 3. The lowest BCUT2D eigenvalue weighted by molar-refractivity contribution is -0.114. The molecule has 4 nitrogen and oxygen atoms in total. The maximum absolute atomic E-state index is 11.4. The third kappa shape index (κ3) is 3.26. The number of fused-ring (bicyclic) bond motifs is 2. The lowest BCUT2D eigenvalue weighted by Gasteiger charge is -2.14. The normalized spacial score (nSPS) is 11.1. The van der Waals surface area contributed by atoms with Crippen molar-refractivity contribution in [1.29, 1.82) is 0 Å². The molecule has 2 aromatic heterocycles. The molecule has 0 bridgehead atoms. The molecule has 0 radical (unpaired) electrons. The Morgan fingerprint density at radius 2 is 1.81 bits per heavy atom. The summed E-state index contributed by atoms with van der Waals surface area (Å²) in [5, 5.41) is 8.74. The van der Waals surface area contributed by atoms with E-state index >= 15 is 0 Å². The van der Waals surface area contributed by atoms with Crippen molar-refractivity contribution in [3.8, 4) is 0 Å². The van der Waals surface area contributed by atoms with E-state index in [4.69, 9.17) is 0 Å². The Labute approximate surface area is 162 Å². The maximum atomic E-state index is 11.4. The van der Waals surface area contributed by atoms with Gasteiger partial charge >= 0.3 is 0 Å². The van der Waals surface area contributed by atoms with Crippen LogP contribution >= 0.6 is 11.3 Å². The van der Waals surface area contributed by atoms with Gasteiger partial charge in [-0.15, -0.1) is 11.3 Å². The van der Waals surface area contributed by atoms with Crippen LogP contribution in [0.25, 0.3) is 21.0 Å². The average Bonchev–Trinajstić information content (AvgIpc) is 2.90. The van der Waals surface area contributed by atoms with E-state index < -0.39 is 0 Å². The van der Waals surface area contributed by atoms with Crippen molar-refractivity contribution < 1.29 is 4.79 Å². The van der Waals surface area contributed by atoms with Gasteiger partial charge in [0, 0.05) is 45.1 Å². The number of nitrogens with zero attached hydrogens (tertiary/aromatic N) is 1. The fraction of sp³-hybridized carbons (Fsp3) is 0.182. The van der Waals surface area contributed by atoms with Crippen LogP contribution in [0.15, 0.2) is 42.6 Å². The second-order valence-corrected chi connectivity index (χ2v) is 8.10. The quantitative estimate of drug-likeness (QED) is 0.456. The van der Waals surface area contributed by atoms with Gasteiger partial charge in [-0.1, -0.05) is 6.07 Å². The first-order valence-corrected chi connectivity index (χ1v) is 9.68. The molecule has 0 fully saturated rings. The molecular formula is C22H21N3OS. The molecule has 0 unspecified atom stereocenters. The number of benzene rings is 2. The van der Waals surface area contributed by atoms with Crippen LogP contribution in [0.2, 0.25) is 0 Å². The van der Waals surface area contributed by atoms with Gasteiger partial charge in [-0.05, 0) is 67.6 Å². The predicted octanol–water partition coefficient (Wildman–Crippen LogP) is 6.08. The van der Waals surface area contributed by atoms with Gasteiger partial charge in [0.05, 0.1) is 5.52 Å². The smallest absolute Gasteiger partial charge is 0.221 e. The maximum Gasteiger partial charge on any atom is 0.221 e. The number of pyridine rings is 1. The first kappa shape index (κ1) is 17.5. The minimum atomic E-state index is -0.0787. The molecule has 0 aliphatic rings. The van der Waals surface area contributed by atoms with Crippen LogP contribution in [0, 0.1) is 20.8 Å². The van der Waals surface area contributed by atoms with Crippen molar-refractivity contribution in [3.63, 3.8) is 0 Å². The fourth-order valence-electron chi connectivity index (χ4n) is 3.27. The predicted molar refractivity (Wildman–Crippen MR) is 115 cm³/mol. The summed E-state index contributed by atoms with van der Waals surface area (Å²) in [4.78, 5) is 17.3. The van der Waals surface area contributed by atoms with Crippen molar-refractivity contribution in [3.05, 3.63) is 58.6 Å². The number of hydrogen-bond acceptors (Lipinski definition) is 4. The van der Waals surface area contributed by atoms with Gasteiger partial charge < -0.3 is 10.6 Å². The van der Waals surface area contributed by atoms with Gasteiger partial charge in [0.2, 0.25) is 5.91 Å². The molecule has 5 heteroatoms. The van der Waals surface area contributed by atoms with Crippen LogP contribution in [-0.4, -0.2) is 10.9 Å². The van der Waals surface area contributed by atoms with Crippen molar-refractivity contribution in [2.45, 2.75) is 27.7 Å². The molecule has 2 N–H and O–H groups in total. The van der Waals surface area contributed by atoms with E-state index in [0.717, 1.165) is 33.5 Å². The fourth-order valence-corrected chi connectivity index (χ4v) is 4.36. The molecule has 0 aliphatic heterocycles. The van der Waals surface area contributed by atoms with Gasteiger partial charge in [-0.2, -0.15) is 0 Å². The number of hydrogen-bond donors (Lipinski definition) is 2. The molecule has 0 saturated carbocycles. The number of carbonyl (C=O) groups excluding carboxylic acids is 1. The number of aromatic nitrogens is 1. The summed E-state index contributed by atoms with van der Waals surface area (Å²) in [7, 11) is 0. The molecule has 2 heterocycles. The minimum absolute atomic E-state index is 0.0787. The number of thiophene rings is 1. The van der Waals surface area contributed by atoms with E-state index in [1.807, 2.05) is 48.7 Å². The molecule has 0 spiro atoms. The van der Waals surface area contributed by atoms with E-state index in [9.17, 15) is 4.79 Å². The lowest BCUT2D eigenvalue weighted by Crippen LogP contribution is -2.06. The Morgan fingerprint density at radius 1 is 1.00 bits per heavy atom. The summed E-state index contributed by atoms with van der Waals surface area (Å²) in [5.41, 5.74) is 6.17. The second kappa shape index (κ2) is 6.67. The molecule has 27 heavy (non-hydrogen) atoms. The summed E-state index contributed by atoms with van der Waals surface area (Å²) in [5.74, 6) is -0.0787. The van der Waals surface area contributed by atoms with Gasteiger partial charge in [0.15, 0.2) is 0 Å². The molecule has 4 rings (SSSR count). The van der Waals surface area contributed by atoms with Crippen LogP contribution in [0.3, 0.4) is 0 Å². The lowest BCUT2D eigenvalue weighted by atomic mass is 10.1. The first-order chi connectivity index (χ1) is 12.9. The van der Waals surface area contributed by atoms with E-state index in [2.05, 4.69) is 41.6 Å². The zero-order chi connectivity index (χ0) is 19.1. The Morgan fingerprint density at radius 3 is 2.59 bits per heavy atom. The van der Waals surface area contributed by atoms with Crippen LogP contribution < -0.4 is 10.6 Å². The van der Waals surface area contributed by atoms with Crippen LogP contribution in [0.4, 0.5) is 17.1 Å². The Hall–Kier alpha value is -2.92. The molecule has 0 atom stereocenters. The third-order valence-electron chi connectivity index (χ3n) is 4.87. The highest BCUT2D eigenvalue weighted by Crippen LogP contribution is 2.36. The van der Waals surface area contributed by atoms with Crippen molar-refractivity contribution in [1.82, 2.24) is 4.98 Å². The Balaban J connectivity index is 1.81. The summed E-state index contributed by atoms with van der Waals surface area (Å²) in [6.07, 6.45) is 1.83. The third-order valence-corrected chi connectivity index (χ3v) is 6.04. The molecule has 2 aromatic carbocycles. The molecule has 136 valence electrons. The Bertz CT molecular complexity index is 1190.